The Labute approximate surface area is 125 Å². The van der Waals surface area contributed by atoms with E-state index in [1.54, 1.807) is 0 Å². The fourth-order valence-corrected chi connectivity index (χ4v) is 3.02. The molecule has 2 rings (SSSR count). The molecule has 0 spiro atoms. The van der Waals surface area contributed by atoms with E-state index in [4.69, 9.17) is 0 Å². The molecule has 2 aromatic rings. The summed E-state index contributed by atoms with van der Waals surface area (Å²) in [6.45, 7) is 6.17. The van der Waals surface area contributed by atoms with E-state index in [0.717, 1.165) is 11.3 Å². The lowest BCUT2D eigenvalue weighted by Crippen LogP contribution is -1.95. The number of hydrogen-bond acceptors (Lipinski definition) is 2. The van der Waals surface area contributed by atoms with Crippen molar-refractivity contribution in [2.75, 3.05) is 0 Å². The number of carbonyl (C=O) groups excluding carboxylic acids is 1. The Morgan fingerprint density at radius 2 is 1.75 bits per heavy atom. The second-order valence-corrected chi connectivity index (χ2v) is 6.07. The van der Waals surface area contributed by atoms with Crippen molar-refractivity contribution < 1.29 is 4.79 Å². The summed E-state index contributed by atoms with van der Waals surface area (Å²) in [5, 5.41) is 0. The number of thioether (sulfide) groups is 1. The highest BCUT2D eigenvalue weighted by Crippen LogP contribution is 2.25. The highest BCUT2D eigenvalue weighted by atomic mass is 32.2. The van der Waals surface area contributed by atoms with Gasteiger partial charge in [0.1, 0.15) is 0 Å². The normalized spacial score (nSPS) is 10.6. The monoisotopic (exact) mass is 284 g/mol. The van der Waals surface area contributed by atoms with Gasteiger partial charge in [-0.3, -0.25) is 4.79 Å². The lowest BCUT2D eigenvalue weighted by atomic mass is 10.1. The van der Waals surface area contributed by atoms with Crippen molar-refractivity contribution in [2.45, 2.75) is 37.8 Å². The molecule has 0 bridgehead atoms. The first kappa shape index (κ1) is 14.9. The van der Waals surface area contributed by atoms with E-state index in [1.165, 1.54) is 21.6 Å². The fourth-order valence-electron chi connectivity index (χ4n) is 2.06. The molecule has 104 valence electrons. The number of hydrogen-bond donors (Lipinski definition) is 0. The zero-order valence-electron chi connectivity index (χ0n) is 12.3. The highest BCUT2D eigenvalue weighted by molar-refractivity contribution is 7.98. The first-order chi connectivity index (χ1) is 9.60. The maximum Gasteiger partial charge on any atom is 0.162 e. The lowest BCUT2D eigenvalue weighted by Gasteiger charge is -2.07. The molecule has 0 N–H and O–H groups in total. The third-order valence-corrected chi connectivity index (χ3v) is 4.46. The molecule has 0 heterocycles. The zero-order valence-corrected chi connectivity index (χ0v) is 13.1. The van der Waals surface area contributed by atoms with Gasteiger partial charge in [-0.15, -0.1) is 11.8 Å². The predicted octanol–water partition coefficient (Wildman–Crippen LogP) is 5.19. The summed E-state index contributed by atoms with van der Waals surface area (Å²) >= 11 is 1.81. The van der Waals surface area contributed by atoms with Gasteiger partial charge in [0.2, 0.25) is 0 Å². The third-order valence-electron chi connectivity index (χ3n) is 3.40. The molecule has 2 aromatic carbocycles. The summed E-state index contributed by atoms with van der Waals surface area (Å²) in [7, 11) is 0. The summed E-state index contributed by atoms with van der Waals surface area (Å²) in [6.07, 6.45) is 0.564. The maximum absolute atomic E-state index is 11.6. The standard InChI is InChI=1S/C18H20OS/c1-4-18(19)15-7-9-17(10-8-15)20-12-16-11-13(2)5-6-14(16)3/h5-11H,4,12H2,1-3H3. The maximum atomic E-state index is 11.6. The van der Waals surface area contributed by atoms with Crippen molar-refractivity contribution in [2.24, 2.45) is 0 Å². The van der Waals surface area contributed by atoms with Crippen LogP contribution in [0.4, 0.5) is 0 Å². The molecule has 0 aliphatic carbocycles. The third kappa shape index (κ3) is 3.73. The van der Waals surface area contributed by atoms with Crippen LogP contribution >= 0.6 is 11.8 Å². The number of Topliss-reactive ketones (excluding diaryl/α,β-unsaturated/α-hetero) is 1. The van der Waals surface area contributed by atoms with Gasteiger partial charge in [-0.1, -0.05) is 42.8 Å². The Morgan fingerprint density at radius 3 is 2.40 bits per heavy atom. The summed E-state index contributed by atoms with van der Waals surface area (Å²) in [5.74, 6) is 1.17. The molecular weight excluding hydrogens is 264 g/mol. The van der Waals surface area contributed by atoms with Crippen LogP contribution in [0, 0.1) is 13.8 Å². The molecule has 1 nitrogen and oxygen atoms in total. The van der Waals surface area contributed by atoms with E-state index < -0.39 is 0 Å². The van der Waals surface area contributed by atoms with E-state index in [-0.39, 0.29) is 5.78 Å². The number of benzene rings is 2. The van der Waals surface area contributed by atoms with Gasteiger partial charge in [-0.25, -0.2) is 0 Å². The Kier molecular flexibility index (Phi) is 5.02. The minimum atomic E-state index is 0.205. The fraction of sp³-hybridized carbons (Fsp3) is 0.278. The minimum absolute atomic E-state index is 0.205. The number of rotatable bonds is 5. The van der Waals surface area contributed by atoms with Crippen LogP contribution in [0.1, 0.15) is 40.4 Å². The van der Waals surface area contributed by atoms with Crippen LogP contribution in [0.5, 0.6) is 0 Å². The summed E-state index contributed by atoms with van der Waals surface area (Å²) in [5.41, 5.74) is 4.82. The average molecular weight is 284 g/mol. The second kappa shape index (κ2) is 6.76. The number of ketones is 1. The quantitative estimate of drug-likeness (QED) is 0.555. The predicted molar refractivity (Wildman–Crippen MR) is 86.5 cm³/mol. The lowest BCUT2D eigenvalue weighted by molar-refractivity contribution is 0.0988. The minimum Gasteiger partial charge on any atom is -0.294 e. The van der Waals surface area contributed by atoms with Crippen molar-refractivity contribution >= 4 is 17.5 Å². The molecule has 0 atom stereocenters. The van der Waals surface area contributed by atoms with E-state index in [1.807, 2.05) is 43.0 Å². The summed E-state index contributed by atoms with van der Waals surface area (Å²) in [6, 6.07) is 14.5. The van der Waals surface area contributed by atoms with Gasteiger partial charge in [0.15, 0.2) is 5.78 Å². The molecule has 0 saturated heterocycles. The van der Waals surface area contributed by atoms with Crippen LogP contribution in [0.2, 0.25) is 0 Å². The Morgan fingerprint density at radius 1 is 1.05 bits per heavy atom. The average Bonchev–Trinajstić information content (AvgIpc) is 2.48. The zero-order chi connectivity index (χ0) is 14.5. The Hall–Kier alpha value is -1.54. The molecule has 20 heavy (non-hydrogen) atoms. The molecule has 0 aromatic heterocycles. The van der Waals surface area contributed by atoms with E-state index in [9.17, 15) is 4.79 Å². The summed E-state index contributed by atoms with van der Waals surface area (Å²) in [4.78, 5) is 12.8. The van der Waals surface area contributed by atoms with Gasteiger partial charge in [0.25, 0.3) is 0 Å². The molecule has 0 radical (unpaired) electrons. The van der Waals surface area contributed by atoms with Crippen LogP contribution in [-0.2, 0) is 5.75 Å². The van der Waals surface area contributed by atoms with Crippen molar-refractivity contribution in [3.05, 3.63) is 64.7 Å². The van der Waals surface area contributed by atoms with Crippen molar-refractivity contribution in [1.29, 1.82) is 0 Å². The van der Waals surface area contributed by atoms with Gasteiger partial charge < -0.3 is 0 Å². The SMILES string of the molecule is CCC(=O)c1ccc(SCc2cc(C)ccc2C)cc1. The molecular formula is C18H20OS. The number of carbonyl (C=O) groups is 1. The Bertz CT molecular complexity index is 599. The molecule has 0 aliphatic heterocycles. The van der Waals surface area contributed by atoms with Crippen LogP contribution in [-0.4, -0.2) is 5.78 Å². The highest BCUT2D eigenvalue weighted by Gasteiger charge is 2.04. The summed E-state index contributed by atoms with van der Waals surface area (Å²) < 4.78 is 0. The van der Waals surface area contributed by atoms with E-state index >= 15 is 0 Å². The molecule has 0 saturated carbocycles. The van der Waals surface area contributed by atoms with Gasteiger partial charge in [-0.2, -0.15) is 0 Å². The Balaban J connectivity index is 2.04. The topological polar surface area (TPSA) is 17.1 Å². The molecule has 0 aliphatic rings. The molecule has 0 unspecified atom stereocenters. The van der Waals surface area contributed by atoms with Crippen LogP contribution < -0.4 is 0 Å². The van der Waals surface area contributed by atoms with Gasteiger partial charge in [-0.05, 0) is 37.1 Å². The van der Waals surface area contributed by atoms with Gasteiger partial charge >= 0.3 is 0 Å². The number of aryl methyl sites for hydroxylation is 2. The van der Waals surface area contributed by atoms with Crippen LogP contribution in [0.25, 0.3) is 0 Å². The second-order valence-electron chi connectivity index (χ2n) is 5.02. The largest absolute Gasteiger partial charge is 0.294 e. The van der Waals surface area contributed by atoms with Crippen LogP contribution in [0.15, 0.2) is 47.4 Å². The van der Waals surface area contributed by atoms with Crippen molar-refractivity contribution in [3.8, 4) is 0 Å². The van der Waals surface area contributed by atoms with Crippen LogP contribution in [0.3, 0.4) is 0 Å². The van der Waals surface area contributed by atoms with Crippen molar-refractivity contribution in [1.82, 2.24) is 0 Å². The first-order valence-electron chi connectivity index (χ1n) is 6.92. The molecule has 2 heteroatoms. The molecule has 0 amide bonds. The van der Waals surface area contributed by atoms with E-state index in [2.05, 4.69) is 32.0 Å². The smallest absolute Gasteiger partial charge is 0.162 e. The van der Waals surface area contributed by atoms with Gasteiger partial charge in [0.05, 0.1) is 0 Å². The molecule has 0 fully saturated rings. The van der Waals surface area contributed by atoms with Gasteiger partial charge in [0, 0.05) is 22.6 Å². The first-order valence-corrected chi connectivity index (χ1v) is 7.91. The van der Waals surface area contributed by atoms with Crippen molar-refractivity contribution in [3.63, 3.8) is 0 Å². The van der Waals surface area contributed by atoms with E-state index in [0.29, 0.717) is 6.42 Å².